The number of aromatic hydroxyl groups is 1. The molecule has 0 aromatic heterocycles. The van der Waals surface area contributed by atoms with E-state index in [9.17, 15) is 24.8 Å². The number of anilines is 1. The normalized spacial score (nSPS) is 24.0. The second-order valence-electron chi connectivity index (χ2n) is 11.9. The minimum absolute atomic E-state index is 0.200. The molecule has 43 heavy (non-hydrogen) atoms. The van der Waals surface area contributed by atoms with Crippen molar-refractivity contribution in [1.82, 2.24) is 0 Å². The number of amides is 2. The molecule has 0 bridgehead atoms. The van der Waals surface area contributed by atoms with Gasteiger partial charge in [-0.3, -0.25) is 14.5 Å². The SMILES string of the molecule is Cc1cc(/C=C(/CC[C@H]2OB(O)C[C@H]3C2=C(CO)C[C@H]2C(=O)N(c4ccccc4)C(=O)[C@H]23)c2ccccc2)cc(C)c1O. The average Bonchev–Trinajstić information content (AvgIpc) is 3.27. The number of hydrogen-bond donors (Lipinski definition) is 3. The van der Waals surface area contributed by atoms with E-state index in [2.05, 4.69) is 18.2 Å². The van der Waals surface area contributed by atoms with E-state index in [1.54, 1.807) is 24.3 Å². The summed E-state index contributed by atoms with van der Waals surface area (Å²) in [5, 5.41) is 31.6. The predicted octanol–water partition coefficient (Wildman–Crippen LogP) is 5.32. The molecule has 2 saturated heterocycles. The molecule has 4 atom stereocenters. The lowest BCUT2D eigenvalue weighted by Gasteiger charge is -2.43. The molecule has 2 amide bonds. The Kier molecular flexibility index (Phi) is 8.10. The molecule has 8 heteroatoms. The van der Waals surface area contributed by atoms with Gasteiger partial charge in [0.25, 0.3) is 0 Å². The number of carbonyl (C=O) groups is 2. The van der Waals surface area contributed by atoms with Crippen LogP contribution in [0.25, 0.3) is 11.6 Å². The van der Waals surface area contributed by atoms with Crippen molar-refractivity contribution in [2.45, 2.75) is 45.5 Å². The number of aliphatic hydroxyl groups is 1. The van der Waals surface area contributed by atoms with Crippen molar-refractivity contribution in [1.29, 1.82) is 0 Å². The van der Waals surface area contributed by atoms with Crippen LogP contribution in [0.5, 0.6) is 5.75 Å². The molecule has 1 aliphatic carbocycles. The van der Waals surface area contributed by atoms with Crippen molar-refractivity contribution in [2.24, 2.45) is 17.8 Å². The van der Waals surface area contributed by atoms with Crippen LogP contribution in [-0.4, -0.2) is 46.9 Å². The third kappa shape index (κ3) is 5.47. The van der Waals surface area contributed by atoms with Crippen molar-refractivity contribution >= 4 is 36.3 Å². The zero-order valence-electron chi connectivity index (χ0n) is 24.4. The Balaban J connectivity index is 1.32. The van der Waals surface area contributed by atoms with Gasteiger partial charge in [-0.2, -0.15) is 0 Å². The van der Waals surface area contributed by atoms with Crippen molar-refractivity contribution in [3.8, 4) is 5.75 Å². The number of allylic oxidation sites excluding steroid dienone is 1. The highest BCUT2D eigenvalue weighted by Crippen LogP contribution is 2.51. The number of aryl methyl sites for hydroxylation is 2. The molecule has 2 aliphatic heterocycles. The Morgan fingerprint density at radius 2 is 1.63 bits per heavy atom. The van der Waals surface area contributed by atoms with Gasteiger partial charge in [-0.15, -0.1) is 0 Å². The topological polar surface area (TPSA) is 107 Å². The number of hydrogen-bond acceptors (Lipinski definition) is 6. The summed E-state index contributed by atoms with van der Waals surface area (Å²) < 4.78 is 6.12. The highest BCUT2D eigenvalue weighted by atomic mass is 16.5. The first-order valence-corrected chi connectivity index (χ1v) is 14.9. The summed E-state index contributed by atoms with van der Waals surface area (Å²) in [7, 11) is -1.09. The van der Waals surface area contributed by atoms with Crippen molar-refractivity contribution in [2.75, 3.05) is 11.5 Å². The minimum atomic E-state index is -1.09. The summed E-state index contributed by atoms with van der Waals surface area (Å²) in [5.41, 5.74) is 6.82. The van der Waals surface area contributed by atoms with E-state index in [-0.39, 0.29) is 24.7 Å². The molecule has 0 radical (unpaired) electrons. The molecule has 220 valence electrons. The van der Waals surface area contributed by atoms with Crippen LogP contribution in [0.15, 0.2) is 83.9 Å². The zero-order chi connectivity index (χ0) is 30.2. The van der Waals surface area contributed by atoms with Crippen LogP contribution in [0.4, 0.5) is 5.69 Å². The van der Waals surface area contributed by atoms with Crippen LogP contribution in [0.3, 0.4) is 0 Å². The Morgan fingerprint density at radius 3 is 2.28 bits per heavy atom. The number of phenolic OH excluding ortho intramolecular Hbond substituents is 1. The Morgan fingerprint density at radius 1 is 0.977 bits per heavy atom. The number of aliphatic hydroxyl groups excluding tert-OH is 1. The van der Waals surface area contributed by atoms with Gasteiger partial charge in [-0.25, -0.2) is 0 Å². The molecule has 0 spiro atoms. The Labute approximate surface area is 252 Å². The lowest BCUT2D eigenvalue weighted by Crippen LogP contribution is -2.46. The molecular weight excluding hydrogens is 541 g/mol. The summed E-state index contributed by atoms with van der Waals surface area (Å²) in [6.07, 6.45) is 3.22. The Hall–Kier alpha value is -3.98. The fourth-order valence-corrected chi connectivity index (χ4v) is 7.25. The quantitative estimate of drug-likeness (QED) is 0.152. The maximum absolute atomic E-state index is 13.8. The summed E-state index contributed by atoms with van der Waals surface area (Å²) in [4.78, 5) is 28.6. The molecule has 6 rings (SSSR count). The molecule has 3 N–H and O–H groups in total. The number of carbonyl (C=O) groups excluding carboxylic acids is 2. The first-order valence-electron chi connectivity index (χ1n) is 14.9. The number of imide groups is 1. The van der Waals surface area contributed by atoms with Crippen molar-refractivity contribution in [3.05, 3.63) is 106 Å². The van der Waals surface area contributed by atoms with Gasteiger partial charge in [0.2, 0.25) is 11.8 Å². The predicted molar refractivity (Wildman–Crippen MR) is 167 cm³/mol. The summed E-state index contributed by atoms with van der Waals surface area (Å²) in [6, 6.07) is 22.9. The molecular formula is C35H36BNO6. The Bertz CT molecular complexity index is 1580. The second-order valence-corrected chi connectivity index (χ2v) is 11.9. The summed E-state index contributed by atoms with van der Waals surface area (Å²) in [6.45, 7) is 3.53. The molecule has 7 nitrogen and oxygen atoms in total. The van der Waals surface area contributed by atoms with E-state index in [1.807, 2.05) is 50.2 Å². The van der Waals surface area contributed by atoms with Crippen LogP contribution >= 0.6 is 0 Å². The maximum atomic E-state index is 13.8. The van der Waals surface area contributed by atoms with Gasteiger partial charge in [-0.05, 0) is 109 Å². The van der Waals surface area contributed by atoms with Crippen molar-refractivity contribution < 1.29 is 29.5 Å². The van der Waals surface area contributed by atoms with E-state index in [1.165, 1.54) is 4.90 Å². The number of nitrogens with zero attached hydrogens (tertiary/aromatic N) is 1. The van der Waals surface area contributed by atoms with Gasteiger partial charge in [0.15, 0.2) is 0 Å². The fourth-order valence-electron chi connectivity index (χ4n) is 7.25. The second kappa shape index (κ2) is 12.0. The molecule has 3 aromatic rings. The number of rotatable bonds is 7. The summed E-state index contributed by atoms with van der Waals surface area (Å²) >= 11 is 0. The van der Waals surface area contributed by atoms with Crippen LogP contribution in [0.1, 0.15) is 41.5 Å². The fraction of sp³-hybridized carbons (Fsp3) is 0.314. The zero-order valence-corrected chi connectivity index (χ0v) is 24.4. The lowest BCUT2D eigenvalue weighted by atomic mass is 9.58. The van der Waals surface area contributed by atoms with Gasteiger partial charge in [-0.1, -0.05) is 54.6 Å². The highest BCUT2D eigenvalue weighted by Gasteiger charge is 2.57. The number of phenols is 1. The first kappa shape index (κ1) is 29.1. The van der Waals surface area contributed by atoms with E-state index >= 15 is 0 Å². The minimum Gasteiger partial charge on any atom is -0.507 e. The molecule has 0 saturated carbocycles. The maximum Gasteiger partial charge on any atom is 0.455 e. The molecule has 2 heterocycles. The van der Waals surface area contributed by atoms with Crippen molar-refractivity contribution in [3.63, 3.8) is 0 Å². The van der Waals surface area contributed by atoms with Crippen LogP contribution in [0, 0.1) is 31.6 Å². The third-order valence-corrected chi connectivity index (χ3v) is 9.19. The van der Waals surface area contributed by atoms with Crippen LogP contribution < -0.4 is 4.90 Å². The average molecular weight is 577 g/mol. The monoisotopic (exact) mass is 577 g/mol. The van der Waals surface area contributed by atoms with E-state index < -0.39 is 31.0 Å². The van der Waals surface area contributed by atoms with Gasteiger partial charge in [0.1, 0.15) is 5.75 Å². The molecule has 0 unspecified atom stereocenters. The van der Waals surface area contributed by atoms with Gasteiger partial charge in [0.05, 0.1) is 30.2 Å². The first-order chi connectivity index (χ1) is 20.8. The van der Waals surface area contributed by atoms with E-state index in [0.717, 1.165) is 39.0 Å². The highest BCUT2D eigenvalue weighted by molar-refractivity contribution is 6.43. The molecule has 2 fully saturated rings. The number of benzene rings is 3. The standard InChI is InChI=1S/C35H36BNO6/c1-21-15-23(16-22(2)33(21)39)17-25(24-9-5-3-6-10-24)13-14-30-31-26(20-38)18-28-32(29(31)19-36(42)43-30)35(41)37(34(28)40)27-11-7-4-8-12-27/h3-12,15-17,28-30,32,38-39,42H,13-14,18-20H2,1-2H3/b25-17-/t28-,29+,30-,32-/m1/s1. The smallest absolute Gasteiger partial charge is 0.455 e. The molecule has 3 aliphatic rings. The third-order valence-electron chi connectivity index (χ3n) is 9.19. The molecule has 3 aromatic carbocycles. The van der Waals surface area contributed by atoms with E-state index in [4.69, 9.17) is 4.65 Å². The van der Waals surface area contributed by atoms with Gasteiger partial charge in [0, 0.05) is 0 Å². The van der Waals surface area contributed by atoms with E-state index in [0.29, 0.717) is 30.7 Å². The summed E-state index contributed by atoms with van der Waals surface area (Å²) in [5.74, 6) is -1.79. The van der Waals surface area contributed by atoms with Gasteiger partial charge >= 0.3 is 7.12 Å². The van der Waals surface area contributed by atoms with Crippen LogP contribution in [-0.2, 0) is 14.2 Å². The lowest BCUT2D eigenvalue weighted by molar-refractivity contribution is -0.122. The number of fused-ring (bicyclic) bond motifs is 3. The largest absolute Gasteiger partial charge is 0.507 e. The van der Waals surface area contributed by atoms with Gasteiger partial charge < -0.3 is 19.9 Å². The van der Waals surface area contributed by atoms with Crippen LogP contribution in [0.2, 0.25) is 6.32 Å². The number of para-hydroxylation sites is 1.